The fourth-order valence-electron chi connectivity index (χ4n) is 2.72. The highest BCUT2D eigenvalue weighted by molar-refractivity contribution is 6.25. The van der Waals surface area contributed by atoms with Gasteiger partial charge >= 0.3 is 0 Å². The number of benzene rings is 2. The maximum atomic E-state index is 12.7. The number of rotatable bonds is 3. The molecule has 0 fully saturated rings. The van der Waals surface area contributed by atoms with Crippen molar-refractivity contribution in [1.29, 1.82) is 0 Å². The summed E-state index contributed by atoms with van der Waals surface area (Å²) in [5, 5.41) is 0. The molecule has 1 aliphatic heterocycles. The van der Waals surface area contributed by atoms with Crippen molar-refractivity contribution in [2.24, 2.45) is 0 Å². The minimum absolute atomic E-state index is 0.137. The summed E-state index contributed by atoms with van der Waals surface area (Å²) in [6.45, 7) is 4.10. The second-order valence-electron chi connectivity index (χ2n) is 4.96. The Bertz CT molecular complexity index is 706. The molecule has 0 N–H and O–H groups in total. The van der Waals surface area contributed by atoms with Crippen molar-refractivity contribution in [2.45, 2.75) is 5.92 Å². The number of hydrogen-bond donors (Lipinski definition) is 0. The molecule has 21 heavy (non-hydrogen) atoms. The Labute approximate surface area is 123 Å². The van der Waals surface area contributed by atoms with E-state index in [2.05, 4.69) is 6.58 Å². The molecule has 1 atom stereocenters. The van der Waals surface area contributed by atoms with Crippen LogP contribution >= 0.6 is 0 Å². The van der Waals surface area contributed by atoms with Gasteiger partial charge in [0.1, 0.15) is 5.92 Å². The first-order chi connectivity index (χ1) is 10.2. The monoisotopic (exact) mass is 277 g/mol. The van der Waals surface area contributed by atoms with E-state index in [1.54, 1.807) is 23.1 Å². The van der Waals surface area contributed by atoms with Crippen molar-refractivity contribution in [3.63, 3.8) is 0 Å². The fourth-order valence-corrected chi connectivity index (χ4v) is 2.72. The minimum Gasteiger partial charge on any atom is -0.307 e. The zero-order valence-corrected chi connectivity index (χ0v) is 11.5. The lowest BCUT2D eigenvalue weighted by molar-refractivity contribution is -0.119. The van der Waals surface area contributed by atoms with Crippen LogP contribution in [0.1, 0.15) is 21.8 Å². The van der Waals surface area contributed by atoms with Gasteiger partial charge in [-0.05, 0) is 17.7 Å². The van der Waals surface area contributed by atoms with Crippen LogP contribution in [0.15, 0.2) is 67.3 Å². The summed E-state index contributed by atoms with van der Waals surface area (Å²) in [5.41, 5.74) is 1.99. The molecule has 1 heterocycles. The molecular formula is C18H15NO2. The van der Waals surface area contributed by atoms with E-state index < -0.39 is 5.92 Å². The zero-order chi connectivity index (χ0) is 14.8. The van der Waals surface area contributed by atoms with Crippen LogP contribution in [0.25, 0.3) is 0 Å². The number of Topliss-reactive ketones (excluding diaryl/α,β-unsaturated/α-hetero) is 1. The molecule has 0 saturated carbocycles. The maximum Gasteiger partial charge on any atom is 0.242 e. The molecular weight excluding hydrogens is 262 g/mol. The van der Waals surface area contributed by atoms with Gasteiger partial charge in [-0.2, -0.15) is 0 Å². The predicted molar refractivity (Wildman–Crippen MR) is 82.5 cm³/mol. The van der Waals surface area contributed by atoms with Gasteiger partial charge in [-0.1, -0.05) is 48.5 Å². The Kier molecular flexibility index (Phi) is 3.40. The Balaban J connectivity index is 2.15. The van der Waals surface area contributed by atoms with Gasteiger partial charge in [-0.15, -0.1) is 6.58 Å². The number of anilines is 1. The SMILES string of the molecule is C=CCN1C(=O)[C@@H](c2ccccc2)C(=O)c2ccccc21. The van der Waals surface area contributed by atoms with Crippen LogP contribution in [0.4, 0.5) is 5.69 Å². The number of carbonyl (C=O) groups excluding carboxylic acids is 2. The van der Waals surface area contributed by atoms with Crippen LogP contribution in [-0.2, 0) is 4.79 Å². The highest BCUT2D eigenvalue weighted by Gasteiger charge is 2.39. The summed E-state index contributed by atoms with van der Waals surface area (Å²) < 4.78 is 0. The second-order valence-corrected chi connectivity index (χ2v) is 4.96. The zero-order valence-electron chi connectivity index (χ0n) is 11.5. The summed E-state index contributed by atoms with van der Waals surface area (Å²) in [7, 11) is 0. The first kappa shape index (κ1) is 13.3. The molecule has 104 valence electrons. The van der Waals surface area contributed by atoms with E-state index in [1.165, 1.54) is 0 Å². The third-order valence-corrected chi connectivity index (χ3v) is 3.68. The maximum absolute atomic E-state index is 12.7. The molecule has 0 spiro atoms. The topological polar surface area (TPSA) is 37.4 Å². The van der Waals surface area contributed by atoms with Gasteiger partial charge in [0.2, 0.25) is 5.91 Å². The van der Waals surface area contributed by atoms with E-state index in [4.69, 9.17) is 0 Å². The lowest BCUT2D eigenvalue weighted by atomic mass is 9.85. The molecule has 0 bridgehead atoms. The summed E-state index contributed by atoms with van der Waals surface area (Å²) >= 11 is 0. The van der Waals surface area contributed by atoms with Gasteiger partial charge in [0.15, 0.2) is 5.78 Å². The van der Waals surface area contributed by atoms with Crippen molar-refractivity contribution in [3.8, 4) is 0 Å². The quantitative estimate of drug-likeness (QED) is 0.638. The first-order valence-corrected chi connectivity index (χ1v) is 6.84. The van der Waals surface area contributed by atoms with Crippen LogP contribution in [0.3, 0.4) is 0 Å². The van der Waals surface area contributed by atoms with Crippen molar-refractivity contribution in [3.05, 3.63) is 78.4 Å². The number of amides is 1. The normalized spacial score (nSPS) is 17.5. The molecule has 3 heteroatoms. The molecule has 1 aliphatic rings. The minimum atomic E-state index is -0.763. The standard InChI is InChI=1S/C18H15NO2/c1-2-12-19-15-11-7-6-10-14(15)17(20)16(18(19)21)13-8-4-3-5-9-13/h2-11,16H,1,12H2/t16-/m0/s1. The van der Waals surface area contributed by atoms with Gasteiger partial charge < -0.3 is 4.90 Å². The third kappa shape index (κ3) is 2.17. The van der Waals surface area contributed by atoms with E-state index in [-0.39, 0.29) is 11.7 Å². The van der Waals surface area contributed by atoms with Gasteiger partial charge in [0.05, 0.1) is 5.69 Å². The van der Waals surface area contributed by atoms with Crippen molar-refractivity contribution in [2.75, 3.05) is 11.4 Å². The Hall–Kier alpha value is -2.68. The van der Waals surface area contributed by atoms with Crippen LogP contribution in [0.2, 0.25) is 0 Å². The van der Waals surface area contributed by atoms with E-state index in [9.17, 15) is 9.59 Å². The molecule has 0 saturated heterocycles. The average molecular weight is 277 g/mol. The third-order valence-electron chi connectivity index (χ3n) is 3.68. The number of ketones is 1. The van der Waals surface area contributed by atoms with E-state index in [0.29, 0.717) is 17.8 Å². The van der Waals surface area contributed by atoms with Crippen molar-refractivity contribution >= 4 is 17.4 Å². The molecule has 2 aromatic carbocycles. The van der Waals surface area contributed by atoms with Crippen molar-refractivity contribution < 1.29 is 9.59 Å². The van der Waals surface area contributed by atoms with Crippen LogP contribution in [0, 0.1) is 0 Å². The molecule has 3 nitrogen and oxygen atoms in total. The van der Waals surface area contributed by atoms with Gasteiger partial charge in [0.25, 0.3) is 0 Å². The van der Waals surface area contributed by atoms with Crippen molar-refractivity contribution in [1.82, 2.24) is 0 Å². The van der Waals surface area contributed by atoms with Crippen LogP contribution < -0.4 is 4.90 Å². The number of carbonyl (C=O) groups is 2. The Morgan fingerprint density at radius 2 is 1.67 bits per heavy atom. The van der Waals surface area contributed by atoms with E-state index in [0.717, 1.165) is 5.56 Å². The summed E-state index contributed by atoms with van der Waals surface area (Å²) in [5.74, 6) is -1.09. The lowest BCUT2D eigenvalue weighted by Gasteiger charge is -2.32. The molecule has 0 aromatic heterocycles. The summed E-state index contributed by atoms with van der Waals surface area (Å²) in [6.07, 6.45) is 1.67. The largest absolute Gasteiger partial charge is 0.307 e. The highest BCUT2D eigenvalue weighted by Crippen LogP contribution is 2.35. The van der Waals surface area contributed by atoms with Crippen LogP contribution in [-0.4, -0.2) is 18.2 Å². The number of para-hydroxylation sites is 1. The predicted octanol–water partition coefficient (Wildman–Crippen LogP) is 3.19. The number of nitrogens with zero attached hydrogens (tertiary/aromatic N) is 1. The summed E-state index contributed by atoms with van der Waals surface area (Å²) in [4.78, 5) is 27.1. The number of hydrogen-bond acceptors (Lipinski definition) is 2. The molecule has 0 aliphatic carbocycles. The van der Waals surface area contributed by atoms with Crippen LogP contribution in [0.5, 0.6) is 0 Å². The van der Waals surface area contributed by atoms with Gasteiger partial charge in [0, 0.05) is 12.1 Å². The molecule has 3 rings (SSSR count). The fraction of sp³-hybridized carbons (Fsp3) is 0.111. The Morgan fingerprint density at radius 1 is 1.00 bits per heavy atom. The molecule has 0 unspecified atom stereocenters. The average Bonchev–Trinajstić information content (AvgIpc) is 2.53. The smallest absolute Gasteiger partial charge is 0.242 e. The molecule has 2 aromatic rings. The highest BCUT2D eigenvalue weighted by atomic mass is 16.2. The molecule has 1 amide bonds. The van der Waals surface area contributed by atoms with E-state index in [1.807, 2.05) is 42.5 Å². The lowest BCUT2D eigenvalue weighted by Crippen LogP contribution is -2.43. The van der Waals surface area contributed by atoms with Gasteiger partial charge in [-0.3, -0.25) is 9.59 Å². The Morgan fingerprint density at radius 3 is 2.38 bits per heavy atom. The first-order valence-electron chi connectivity index (χ1n) is 6.84. The second kappa shape index (κ2) is 5.37. The number of fused-ring (bicyclic) bond motifs is 1. The summed E-state index contributed by atoms with van der Waals surface area (Å²) in [6, 6.07) is 16.4. The molecule has 0 radical (unpaired) electrons. The van der Waals surface area contributed by atoms with Gasteiger partial charge in [-0.25, -0.2) is 0 Å². The van der Waals surface area contributed by atoms with E-state index >= 15 is 0 Å².